The zero-order chi connectivity index (χ0) is 18.8. The first-order valence-electron chi connectivity index (χ1n) is 8.42. The number of nitrogens with one attached hydrogen (secondary N) is 2. The predicted octanol–water partition coefficient (Wildman–Crippen LogP) is 3.42. The third kappa shape index (κ3) is 3.77. The molecule has 0 radical (unpaired) electrons. The maximum Gasteiger partial charge on any atom is 0.254 e. The molecule has 1 aliphatic heterocycles. The lowest BCUT2D eigenvalue weighted by atomic mass is 10.00. The highest BCUT2D eigenvalue weighted by Crippen LogP contribution is 2.34. The largest absolute Gasteiger partial charge is 0.331 e. The Hall–Kier alpha value is -2.67. The summed E-state index contributed by atoms with van der Waals surface area (Å²) in [6.45, 7) is 5.47. The van der Waals surface area contributed by atoms with E-state index in [1.807, 2.05) is 11.8 Å². The van der Waals surface area contributed by atoms with Crippen molar-refractivity contribution in [2.45, 2.75) is 33.2 Å². The third-order valence-corrected chi connectivity index (χ3v) is 5.36. The summed E-state index contributed by atoms with van der Waals surface area (Å²) in [7, 11) is 0. The van der Waals surface area contributed by atoms with E-state index in [1.54, 1.807) is 29.5 Å². The first-order chi connectivity index (χ1) is 12.3. The molecule has 2 aromatic rings. The van der Waals surface area contributed by atoms with Crippen molar-refractivity contribution in [3.8, 4) is 0 Å². The SMILES string of the molecule is CC(=O)Nc1cc(NC(C)=O)cc(C(=O)N2CCc3sccc3[C@H]2C)c1. The van der Waals surface area contributed by atoms with Crippen LogP contribution >= 0.6 is 11.3 Å². The standard InChI is InChI=1S/C19H21N3O3S/c1-11-17-5-7-26-18(17)4-6-22(11)19(25)14-8-15(20-12(2)23)10-16(9-14)21-13(3)24/h5,7-11H,4,6H2,1-3H3,(H,20,23)(H,21,24)/t11-/m1/s1. The van der Waals surface area contributed by atoms with E-state index in [0.717, 1.165) is 6.42 Å². The maximum atomic E-state index is 13.1. The van der Waals surface area contributed by atoms with E-state index >= 15 is 0 Å². The zero-order valence-corrected chi connectivity index (χ0v) is 15.8. The Balaban J connectivity index is 1.93. The summed E-state index contributed by atoms with van der Waals surface area (Å²) >= 11 is 1.72. The van der Waals surface area contributed by atoms with Crippen LogP contribution in [0.1, 0.15) is 47.6 Å². The monoisotopic (exact) mass is 371 g/mol. The summed E-state index contributed by atoms with van der Waals surface area (Å²) in [4.78, 5) is 39.1. The molecule has 0 unspecified atom stereocenters. The second-order valence-electron chi connectivity index (χ2n) is 6.39. The molecular formula is C19H21N3O3S. The Morgan fingerprint density at radius 3 is 2.27 bits per heavy atom. The summed E-state index contributed by atoms with van der Waals surface area (Å²) in [6, 6.07) is 6.98. The van der Waals surface area contributed by atoms with Crippen molar-refractivity contribution < 1.29 is 14.4 Å². The van der Waals surface area contributed by atoms with Gasteiger partial charge in [0, 0.05) is 42.2 Å². The molecule has 1 aliphatic rings. The Morgan fingerprint density at radius 2 is 1.69 bits per heavy atom. The number of thiophene rings is 1. The summed E-state index contributed by atoms with van der Waals surface area (Å²) in [5, 5.41) is 7.42. The normalized spacial score (nSPS) is 16.0. The summed E-state index contributed by atoms with van der Waals surface area (Å²) in [5.41, 5.74) is 2.58. The van der Waals surface area contributed by atoms with Crippen LogP contribution in [0.2, 0.25) is 0 Å². The van der Waals surface area contributed by atoms with Gasteiger partial charge in [-0.1, -0.05) is 0 Å². The van der Waals surface area contributed by atoms with Gasteiger partial charge in [0.1, 0.15) is 0 Å². The van der Waals surface area contributed by atoms with Crippen LogP contribution in [-0.2, 0) is 16.0 Å². The molecule has 0 bridgehead atoms. The Bertz CT molecular complexity index is 840. The van der Waals surface area contributed by atoms with Crippen LogP contribution in [0.25, 0.3) is 0 Å². The molecule has 2 N–H and O–H groups in total. The molecule has 0 saturated heterocycles. The lowest BCUT2D eigenvalue weighted by Gasteiger charge is -2.34. The van der Waals surface area contributed by atoms with Crippen molar-refractivity contribution in [1.82, 2.24) is 4.90 Å². The number of benzene rings is 1. The molecule has 136 valence electrons. The quantitative estimate of drug-likeness (QED) is 0.868. The van der Waals surface area contributed by atoms with Crippen LogP contribution in [-0.4, -0.2) is 29.2 Å². The number of hydrogen-bond acceptors (Lipinski definition) is 4. The minimum Gasteiger partial charge on any atom is -0.331 e. The molecular weight excluding hydrogens is 350 g/mol. The average molecular weight is 371 g/mol. The van der Waals surface area contributed by atoms with E-state index in [2.05, 4.69) is 22.1 Å². The van der Waals surface area contributed by atoms with Crippen molar-refractivity contribution in [2.24, 2.45) is 0 Å². The molecule has 3 amide bonds. The van der Waals surface area contributed by atoms with Gasteiger partial charge in [0.2, 0.25) is 11.8 Å². The van der Waals surface area contributed by atoms with Gasteiger partial charge in [-0.15, -0.1) is 11.3 Å². The van der Waals surface area contributed by atoms with E-state index in [0.29, 0.717) is 23.5 Å². The Kier molecular flexibility index (Phi) is 5.08. The molecule has 26 heavy (non-hydrogen) atoms. The topological polar surface area (TPSA) is 78.5 Å². The van der Waals surface area contributed by atoms with Gasteiger partial charge in [0.05, 0.1) is 6.04 Å². The van der Waals surface area contributed by atoms with Crippen molar-refractivity contribution >= 4 is 40.4 Å². The van der Waals surface area contributed by atoms with Crippen LogP contribution in [0.15, 0.2) is 29.6 Å². The van der Waals surface area contributed by atoms with Crippen molar-refractivity contribution in [3.05, 3.63) is 45.6 Å². The van der Waals surface area contributed by atoms with E-state index in [4.69, 9.17) is 0 Å². The van der Waals surface area contributed by atoms with Crippen LogP contribution in [0.3, 0.4) is 0 Å². The van der Waals surface area contributed by atoms with E-state index in [-0.39, 0.29) is 23.8 Å². The smallest absolute Gasteiger partial charge is 0.254 e. The predicted molar refractivity (Wildman–Crippen MR) is 103 cm³/mol. The highest BCUT2D eigenvalue weighted by molar-refractivity contribution is 7.10. The fourth-order valence-corrected chi connectivity index (χ4v) is 4.22. The molecule has 1 atom stereocenters. The second-order valence-corrected chi connectivity index (χ2v) is 7.39. The van der Waals surface area contributed by atoms with E-state index < -0.39 is 0 Å². The molecule has 6 nitrogen and oxygen atoms in total. The van der Waals surface area contributed by atoms with Gasteiger partial charge in [-0.05, 0) is 48.6 Å². The highest BCUT2D eigenvalue weighted by Gasteiger charge is 2.29. The minimum atomic E-state index is -0.238. The number of nitrogens with zero attached hydrogens (tertiary/aromatic N) is 1. The number of fused-ring (bicyclic) bond motifs is 1. The molecule has 3 rings (SSSR count). The molecule has 1 aromatic heterocycles. The van der Waals surface area contributed by atoms with Crippen molar-refractivity contribution in [3.63, 3.8) is 0 Å². The number of hydrogen-bond donors (Lipinski definition) is 2. The van der Waals surface area contributed by atoms with Gasteiger partial charge in [-0.25, -0.2) is 0 Å². The molecule has 7 heteroatoms. The lowest BCUT2D eigenvalue weighted by molar-refractivity contribution is -0.115. The van der Waals surface area contributed by atoms with Crippen LogP contribution in [0, 0.1) is 0 Å². The number of anilines is 2. The van der Waals surface area contributed by atoms with E-state index in [9.17, 15) is 14.4 Å². The van der Waals surface area contributed by atoms with Gasteiger partial charge in [0.15, 0.2) is 0 Å². The minimum absolute atomic E-state index is 0.00820. The number of carbonyl (C=O) groups is 3. The number of rotatable bonds is 3. The fraction of sp³-hybridized carbons (Fsp3) is 0.316. The van der Waals surface area contributed by atoms with E-state index in [1.165, 1.54) is 24.3 Å². The van der Waals surface area contributed by atoms with Crippen molar-refractivity contribution in [2.75, 3.05) is 17.2 Å². The van der Waals surface area contributed by atoms with Crippen LogP contribution in [0.5, 0.6) is 0 Å². The van der Waals surface area contributed by atoms with Gasteiger partial charge < -0.3 is 15.5 Å². The second kappa shape index (κ2) is 7.29. The molecule has 0 spiro atoms. The maximum absolute atomic E-state index is 13.1. The van der Waals surface area contributed by atoms with Crippen molar-refractivity contribution in [1.29, 1.82) is 0 Å². The van der Waals surface area contributed by atoms with Gasteiger partial charge in [0.25, 0.3) is 5.91 Å². The zero-order valence-electron chi connectivity index (χ0n) is 15.0. The molecule has 0 aliphatic carbocycles. The average Bonchev–Trinajstić information content (AvgIpc) is 3.02. The Morgan fingerprint density at radius 1 is 1.08 bits per heavy atom. The fourth-order valence-electron chi connectivity index (χ4n) is 3.25. The summed E-state index contributed by atoms with van der Waals surface area (Å²) in [6.07, 6.45) is 0.840. The molecule has 2 heterocycles. The number of amides is 3. The van der Waals surface area contributed by atoms with Crippen LogP contribution < -0.4 is 10.6 Å². The lowest BCUT2D eigenvalue weighted by Crippen LogP contribution is -2.38. The molecule has 0 saturated carbocycles. The summed E-state index contributed by atoms with van der Waals surface area (Å²) < 4.78 is 0. The number of carbonyl (C=O) groups excluding carboxylic acids is 3. The van der Waals surface area contributed by atoms with Crippen LogP contribution in [0.4, 0.5) is 11.4 Å². The Labute approximate surface area is 156 Å². The molecule has 0 fully saturated rings. The van der Waals surface area contributed by atoms with Gasteiger partial charge in [-0.2, -0.15) is 0 Å². The van der Waals surface area contributed by atoms with Gasteiger partial charge in [-0.3, -0.25) is 14.4 Å². The first kappa shape index (κ1) is 18.1. The first-order valence-corrected chi connectivity index (χ1v) is 9.30. The summed E-state index contributed by atoms with van der Waals surface area (Å²) in [5.74, 6) is -0.594. The molecule has 1 aromatic carbocycles. The third-order valence-electron chi connectivity index (χ3n) is 4.36. The van der Waals surface area contributed by atoms with Gasteiger partial charge >= 0.3 is 0 Å². The highest BCUT2D eigenvalue weighted by atomic mass is 32.1.